The molecule has 0 bridgehead atoms. The zero-order valence-corrected chi connectivity index (χ0v) is 18.2. The highest BCUT2D eigenvalue weighted by atomic mass is 35.5. The summed E-state index contributed by atoms with van der Waals surface area (Å²) in [6.45, 7) is 4.54. The molecule has 4 aromatic rings. The quantitative estimate of drug-likeness (QED) is 0.456. The number of nitrogens with zero attached hydrogens (tertiary/aromatic N) is 5. The second kappa shape index (κ2) is 8.61. The SMILES string of the molecule is Cc1ccc(Cn2nnnc2C(c2ccc(Cl)cc2)N2CCc3ccccc3C2)cc1. The van der Waals surface area contributed by atoms with Crippen molar-refractivity contribution in [2.45, 2.75) is 32.5 Å². The Morgan fingerprint density at radius 3 is 2.45 bits per heavy atom. The summed E-state index contributed by atoms with van der Waals surface area (Å²) >= 11 is 6.19. The van der Waals surface area contributed by atoms with Crippen molar-refractivity contribution in [1.29, 1.82) is 0 Å². The molecule has 3 aromatic carbocycles. The van der Waals surface area contributed by atoms with Gasteiger partial charge in [-0.15, -0.1) is 5.10 Å². The van der Waals surface area contributed by atoms with Gasteiger partial charge in [-0.3, -0.25) is 4.90 Å². The molecule has 0 radical (unpaired) electrons. The number of halogens is 1. The van der Waals surface area contributed by atoms with Crippen molar-refractivity contribution in [2.75, 3.05) is 6.54 Å². The van der Waals surface area contributed by atoms with E-state index in [2.05, 4.69) is 88.0 Å². The van der Waals surface area contributed by atoms with E-state index in [1.54, 1.807) is 0 Å². The van der Waals surface area contributed by atoms with Crippen LogP contribution in [-0.4, -0.2) is 31.7 Å². The van der Waals surface area contributed by atoms with Gasteiger partial charge in [-0.1, -0.05) is 77.8 Å². The summed E-state index contributed by atoms with van der Waals surface area (Å²) in [4.78, 5) is 2.46. The van der Waals surface area contributed by atoms with Gasteiger partial charge in [0.2, 0.25) is 0 Å². The fourth-order valence-corrected chi connectivity index (χ4v) is 4.42. The third kappa shape index (κ3) is 4.24. The first-order chi connectivity index (χ1) is 15.2. The molecule has 0 N–H and O–H groups in total. The van der Waals surface area contributed by atoms with E-state index in [9.17, 15) is 0 Å². The number of benzene rings is 3. The van der Waals surface area contributed by atoms with Crippen molar-refractivity contribution in [3.8, 4) is 0 Å². The van der Waals surface area contributed by atoms with Gasteiger partial charge in [-0.05, 0) is 58.2 Å². The standard InChI is InChI=1S/C25H24ClN5/c1-18-6-8-19(9-7-18)16-31-25(27-28-29-31)24(21-10-12-23(26)13-11-21)30-15-14-20-4-2-3-5-22(20)17-30/h2-13,24H,14-17H2,1H3. The van der Waals surface area contributed by atoms with Crippen LogP contribution in [0.3, 0.4) is 0 Å². The zero-order valence-electron chi connectivity index (χ0n) is 17.4. The summed E-state index contributed by atoms with van der Waals surface area (Å²) in [5.74, 6) is 0.849. The van der Waals surface area contributed by atoms with Crippen molar-refractivity contribution in [2.24, 2.45) is 0 Å². The first kappa shape index (κ1) is 19.9. The van der Waals surface area contributed by atoms with Crippen LogP contribution in [0.15, 0.2) is 72.8 Å². The Hall–Kier alpha value is -3.02. The molecule has 1 aliphatic rings. The second-order valence-electron chi connectivity index (χ2n) is 8.12. The maximum absolute atomic E-state index is 6.19. The van der Waals surface area contributed by atoms with Gasteiger partial charge in [0.1, 0.15) is 0 Å². The summed E-state index contributed by atoms with van der Waals surface area (Å²) in [5, 5.41) is 13.6. The Labute approximate surface area is 187 Å². The average molecular weight is 430 g/mol. The summed E-state index contributed by atoms with van der Waals surface area (Å²) in [5.41, 5.74) is 6.35. The molecular weight excluding hydrogens is 406 g/mol. The number of hydrogen-bond acceptors (Lipinski definition) is 4. The van der Waals surface area contributed by atoms with Gasteiger partial charge in [-0.2, -0.15) is 0 Å². The Morgan fingerprint density at radius 2 is 1.68 bits per heavy atom. The van der Waals surface area contributed by atoms with E-state index < -0.39 is 0 Å². The van der Waals surface area contributed by atoms with Gasteiger partial charge in [-0.25, -0.2) is 4.68 Å². The maximum Gasteiger partial charge on any atom is 0.173 e. The van der Waals surface area contributed by atoms with Gasteiger partial charge in [0.15, 0.2) is 5.82 Å². The van der Waals surface area contributed by atoms with E-state index >= 15 is 0 Å². The van der Waals surface area contributed by atoms with Gasteiger partial charge in [0.05, 0.1) is 12.6 Å². The summed E-state index contributed by atoms with van der Waals surface area (Å²) in [7, 11) is 0. The van der Waals surface area contributed by atoms with E-state index in [-0.39, 0.29) is 6.04 Å². The minimum atomic E-state index is -0.0499. The lowest BCUT2D eigenvalue weighted by Crippen LogP contribution is -2.36. The normalized spacial score (nSPS) is 14.9. The number of hydrogen-bond donors (Lipinski definition) is 0. The Morgan fingerprint density at radius 1 is 0.935 bits per heavy atom. The molecule has 31 heavy (non-hydrogen) atoms. The van der Waals surface area contributed by atoms with Crippen LogP contribution in [-0.2, 0) is 19.5 Å². The molecule has 0 fully saturated rings. The largest absolute Gasteiger partial charge is 0.285 e. The van der Waals surface area contributed by atoms with Crippen LogP contribution >= 0.6 is 11.6 Å². The molecule has 1 unspecified atom stereocenters. The third-order valence-corrected chi connectivity index (χ3v) is 6.22. The van der Waals surface area contributed by atoms with E-state index in [4.69, 9.17) is 11.6 Å². The van der Waals surface area contributed by atoms with Crippen molar-refractivity contribution in [3.63, 3.8) is 0 Å². The molecule has 0 saturated heterocycles. The monoisotopic (exact) mass is 429 g/mol. The third-order valence-electron chi connectivity index (χ3n) is 5.97. The lowest BCUT2D eigenvalue weighted by molar-refractivity contribution is 0.195. The minimum absolute atomic E-state index is 0.0499. The van der Waals surface area contributed by atoms with Crippen LogP contribution in [0, 0.1) is 6.92 Å². The van der Waals surface area contributed by atoms with Gasteiger partial charge < -0.3 is 0 Å². The number of rotatable bonds is 5. The van der Waals surface area contributed by atoms with E-state index in [1.807, 2.05) is 16.8 Å². The molecule has 0 saturated carbocycles. The molecule has 5 nitrogen and oxygen atoms in total. The van der Waals surface area contributed by atoms with Gasteiger partial charge >= 0.3 is 0 Å². The van der Waals surface area contributed by atoms with E-state index in [1.165, 1.54) is 22.3 Å². The Balaban J connectivity index is 1.52. The Bertz CT molecular complexity index is 1170. The van der Waals surface area contributed by atoms with Crippen LogP contribution in [0.5, 0.6) is 0 Å². The number of aryl methyl sites for hydroxylation is 1. The average Bonchev–Trinajstić information content (AvgIpc) is 3.24. The van der Waals surface area contributed by atoms with Crippen LogP contribution in [0.4, 0.5) is 0 Å². The smallest absolute Gasteiger partial charge is 0.173 e. The van der Waals surface area contributed by atoms with Crippen molar-refractivity contribution in [3.05, 3.63) is 111 Å². The van der Waals surface area contributed by atoms with Gasteiger partial charge in [0.25, 0.3) is 0 Å². The number of fused-ring (bicyclic) bond motifs is 1. The van der Waals surface area contributed by atoms with Crippen molar-refractivity contribution in [1.82, 2.24) is 25.1 Å². The highest BCUT2D eigenvalue weighted by Crippen LogP contribution is 2.32. The molecule has 0 aliphatic carbocycles. The minimum Gasteiger partial charge on any atom is -0.285 e. The van der Waals surface area contributed by atoms with E-state index in [0.29, 0.717) is 6.54 Å². The Kier molecular flexibility index (Phi) is 5.53. The lowest BCUT2D eigenvalue weighted by Gasteiger charge is -2.35. The molecule has 0 spiro atoms. The molecule has 0 amide bonds. The van der Waals surface area contributed by atoms with Crippen LogP contribution in [0.2, 0.25) is 5.02 Å². The molecular formula is C25H24ClN5. The molecule has 5 rings (SSSR count). The summed E-state index contributed by atoms with van der Waals surface area (Å²) in [6.07, 6.45) is 1.01. The molecule has 1 aromatic heterocycles. The molecule has 1 aliphatic heterocycles. The van der Waals surface area contributed by atoms with Crippen molar-refractivity contribution >= 4 is 11.6 Å². The maximum atomic E-state index is 6.19. The number of aromatic nitrogens is 4. The number of tetrazole rings is 1. The van der Waals surface area contributed by atoms with E-state index in [0.717, 1.165) is 35.9 Å². The second-order valence-corrected chi connectivity index (χ2v) is 8.56. The molecule has 2 heterocycles. The van der Waals surface area contributed by atoms with Crippen LogP contribution < -0.4 is 0 Å². The zero-order chi connectivity index (χ0) is 21.2. The highest BCUT2D eigenvalue weighted by molar-refractivity contribution is 6.30. The summed E-state index contributed by atoms with van der Waals surface area (Å²) < 4.78 is 1.92. The van der Waals surface area contributed by atoms with Crippen LogP contribution in [0.25, 0.3) is 0 Å². The highest BCUT2D eigenvalue weighted by Gasteiger charge is 2.30. The van der Waals surface area contributed by atoms with Crippen LogP contribution in [0.1, 0.15) is 39.7 Å². The van der Waals surface area contributed by atoms with Crippen molar-refractivity contribution < 1.29 is 0 Å². The predicted octanol–water partition coefficient (Wildman–Crippen LogP) is 4.83. The fraction of sp³-hybridized carbons (Fsp3) is 0.240. The molecule has 1 atom stereocenters. The lowest BCUT2D eigenvalue weighted by atomic mass is 9.96. The topological polar surface area (TPSA) is 46.8 Å². The summed E-state index contributed by atoms with van der Waals surface area (Å²) in [6, 6.07) is 25.2. The van der Waals surface area contributed by atoms with Gasteiger partial charge in [0, 0.05) is 18.1 Å². The fourth-order valence-electron chi connectivity index (χ4n) is 4.29. The first-order valence-corrected chi connectivity index (χ1v) is 10.9. The first-order valence-electron chi connectivity index (χ1n) is 10.6. The predicted molar refractivity (Wildman–Crippen MR) is 122 cm³/mol. The molecule has 6 heteroatoms. The molecule has 156 valence electrons.